The number of esters is 1. The van der Waals surface area contributed by atoms with Gasteiger partial charge in [0, 0.05) is 12.0 Å². The van der Waals surface area contributed by atoms with Gasteiger partial charge in [0.15, 0.2) is 0 Å². The summed E-state index contributed by atoms with van der Waals surface area (Å²) >= 11 is 0. The number of rotatable bonds is 23. The predicted molar refractivity (Wildman–Crippen MR) is 125 cm³/mol. The second-order valence-electron chi connectivity index (χ2n) is 7.37. The molecule has 1 rings (SSSR count). The minimum Gasteiger partial charge on any atom is -0.491 e. The van der Waals surface area contributed by atoms with Crippen molar-refractivity contribution in [2.75, 3.05) is 66.1 Å². The van der Waals surface area contributed by atoms with Crippen LogP contribution in [0.25, 0.3) is 0 Å². The van der Waals surface area contributed by atoms with Gasteiger partial charge in [0.05, 0.1) is 52.9 Å². The van der Waals surface area contributed by atoms with E-state index in [1.54, 1.807) is 24.3 Å². The Balaban J connectivity index is 1.75. The Morgan fingerprint density at radius 1 is 0.697 bits per heavy atom. The molecule has 8 heteroatoms. The summed E-state index contributed by atoms with van der Waals surface area (Å²) < 4.78 is 32.3. The minimum atomic E-state index is -0.148. The van der Waals surface area contributed by atoms with Crippen molar-refractivity contribution in [3.05, 3.63) is 29.8 Å². The maximum Gasteiger partial charge on any atom is 0.305 e. The summed E-state index contributed by atoms with van der Waals surface area (Å²) in [5, 5.41) is 0. The van der Waals surface area contributed by atoms with E-state index < -0.39 is 0 Å². The van der Waals surface area contributed by atoms with E-state index in [1.165, 1.54) is 19.3 Å². The van der Waals surface area contributed by atoms with Crippen molar-refractivity contribution in [3.8, 4) is 5.75 Å². The van der Waals surface area contributed by atoms with E-state index in [0.29, 0.717) is 77.2 Å². The summed E-state index contributed by atoms with van der Waals surface area (Å²) in [6.45, 7) is 6.58. The van der Waals surface area contributed by atoms with Crippen LogP contribution in [-0.4, -0.2) is 78.3 Å². The SMILES string of the molecule is CCCCCCCC(=O)OCCOCCOCCOCCOCCOc1ccc(C=O)cc1. The average molecular weight is 469 g/mol. The smallest absolute Gasteiger partial charge is 0.305 e. The normalized spacial score (nSPS) is 10.8. The van der Waals surface area contributed by atoms with Gasteiger partial charge >= 0.3 is 5.97 Å². The first-order valence-corrected chi connectivity index (χ1v) is 11.9. The second kappa shape index (κ2) is 21.8. The summed E-state index contributed by atoms with van der Waals surface area (Å²) in [5.41, 5.74) is 0.619. The molecule has 0 radical (unpaired) electrons. The minimum absolute atomic E-state index is 0.148. The monoisotopic (exact) mass is 468 g/mol. The molecule has 0 atom stereocenters. The summed E-state index contributed by atoms with van der Waals surface area (Å²) in [5.74, 6) is 0.557. The zero-order valence-electron chi connectivity index (χ0n) is 20.0. The number of hydrogen-bond acceptors (Lipinski definition) is 8. The number of ether oxygens (including phenoxy) is 6. The van der Waals surface area contributed by atoms with E-state index in [-0.39, 0.29) is 12.6 Å². The first-order valence-electron chi connectivity index (χ1n) is 11.9. The third-order valence-corrected chi connectivity index (χ3v) is 4.60. The Bertz CT molecular complexity index is 591. The highest BCUT2D eigenvalue weighted by molar-refractivity contribution is 5.74. The van der Waals surface area contributed by atoms with Gasteiger partial charge in [0.1, 0.15) is 25.2 Å². The highest BCUT2D eigenvalue weighted by Gasteiger charge is 2.02. The molecule has 1 aromatic carbocycles. The number of unbranched alkanes of at least 4 members (excludes halogenated alkanes) is 4. The highest BCUT2D eigenvalue weighted by Crippen LogP contribution is 2.10. The number of hydrogen-bond donors (Lipinski definition) is 0. The number of aldehydes is 1. The zero-order valence-corrected chi connectivity index (χ0v) is 20.0. The molecule has 33 heavy (non-hydrogen) atoms. The lowest BCUT2D eigenvalue weighted by Gasteiger charge is -2.09. The molecule has 0 amide bonds. The molecule has 0 aliphatic rings. The molecule has 0 aliphatic heterocycles. The van der Waals surface area contributed by atoms with Crippen molar-refractivity contribution in [1.29, 1.82) is 0 Å². The lowest BCUT2D eigenvalue weighted by Crippen LogP contribution is -2.15. The van der Waals surface area contributed by atoms with E-state index in [9.17, 15) is 9.59 Å². The highest BCUT2D eigenvalue weighted by atomic mass is 16.6. The van der Waals surface area contributed by atoms with Crippen LogP contribution in [0.2, 0.25) is 0 Å². The second-order valence-corrected chi connectivity index (χ2v) is 7.37. The molecule has 0 saturated heterocycles. The summed E-state index contributed by atoms with van der Waals surface area (Å²) in [7, 11) is 0. The molecule has 0 heterocycles. The molecule has 0 spiro atoms. The molecular formula is C25H40O8. The zero-order chi connectivity index (χ0) is 23.8. The summed E-state index contributed by atoms with van der Waals surface area (Å²) in [6, 6.07) is 6.92. The largest absolute Gasteiger partial charge is 0.491 e. The molecule has 0 aromatic heterocycles. The van der Waals surface area contributed by atoms with Gasteiger partial charge in [-0.1, -0.05) is 32.6 Å². The Kier molecular flexibility index (Phi) is 19.2. The van der Waals surface area contributed by atoms with Crippen molar-refractivity contribution in [1.82, 2.24) is 0 Å². The lowest BCUT2D eigenvalue weighted by molar-refractivity contribution is -0.145. The van der Waals surface area contributed by atoms with Gasteiger partial charge < -0.3 is 28.4 Å². The van der Waals surface area contributed by atoms with Gasteiger partial charge in [-0.15, -0.1) is 0 Å². The Hall–Kier alpha value is -2.00. The lowest BCUT2D eigenvalue weighted by atomic mass is 10.1. The number of benzene rings is 1. The molecule has 0 fully saturated rings. The van der Waals surface area contributed by atoms with Crippen molar-refractivity contribution in [2.45, 2.75) is 45.4 Å². The third-order valence-electron chi connectivity index (χ3n) is 4.60. The van der Waals surface area contributed by atoms with Crippen LogP contribution in [-0.2, 0) is 28.5 Å². The van der Waals surface area contributed by atoms with E-state index in [4.69, 9.17) is 28.4 Å². The Labute approximate surface area is 197 Å². The van der Waals surface area contributed by atoms with Crippen LogP contribution in [0, 0.1) is 0 Å². The van der Waals surface area contributed by atoms with E-state index in [0.717, 1.165) is 19.1 Å². The fraction of sp³-hybridized carbons (Fsp3) is 0.680. The van der Waals surface area contributed by atoms with E-state index >= 15 is 0 Å². The van der Waals surface area contributed by atoms with Gasteiger partial charge in [-0.25, -0.2) is 0 Å². The van der Waals surface area contributed by atoms with Crippen LogP contribution in [0.3, 0.4) is 0 Å². The van der Waals surface area contributed by atoms with E-state index in [2.05, 4.69) is 6.92 Å². The van der Waals surface area contributed by atoms with Gasteiger partial charge in [-0.05, 0) is 30.7 Å². The standard InChI is InChI=1S/C25H40O8/c1-2-3-4-5-6-7-25(27)33-21-19-31-17-15-29-13-12-28-14-16-30-18-20-32-24-10-8-23(22-26)9-11-24/h8-11,22H,2-7,12-21H2,1H3. The van der Waals surface area contributed by atoms with E-state index in [1.807, 2.05) is 0 Å². The molecule has 8 nitrogen and oxygen atoms in total. The topological polar surface area (TPSA) is 89.5 Å². The van der Waals surface area contributed by atoms with Gasteiger partial charge in [0.2, 0.25) is 0 Å². The first-order chi connectivity index (χ1) is 16.3. The predicted octanol–water partition coefficient (Wildman–Crippen LogP) is 3.85. The fourth-order valence-electron chi connectivity index (χ4n) is 2.78. The molecular weight excluding hydrogens is 428 g/mol. The number of carbonyl (C=O) groups is 2. The molecule has 0 saturated carbocycles. The molecule has 0 unspecified atom stereocenters. The fourth-order valence-corrected chi connectivity index (χ4v) is 2.78. The van der Waals surface area contributed by atoms with Crippen molar-refractivity contribution >= 4 is 12.3 Å². The third kappa shape index (κ3) is 18.1. The summed E-state index contributed by atoms with van der Waals surface area (Å²) in [4.78, 5) is 22.1. The molecule has 0 bridgehead atoms. The van der Waals surface area contributed by atoms with Crippen LogP contribution in [0.4, 0.5) is 0 Å². The van der Waals surface area contributed by atoms with Gasteiger partial charge in [-0.2, -0.15) is 0 Å². The van der Waals surface area contributed by atoms with Crippen molar-refractivity contribution < 1.29 is 38.0 Å². The maximum absolute atomic E-state index is 11.5. The van der Waals surface area contributed by atoms with Crippen LogP contribution < -0.4 is 4.74 Å². The molecule has 0 aliphatic carbocycles. The number of carbonyl (C=O) groups excluding carboxylic acids is 2. The molecule has 0 N–H and O–H groups in total. The van der Waals surface area contributed by atoms with Crippen LogP contribution in [0.1, 0.15) is 55.8 Å². The average Bonchev–Trinajstić information content (AvgIpc) is 2.84. The first kappa shape index (κ1) is 29.0. The maximum atomic E-state index is 11.5. The molecule has 188 valence electrons. The summed E-state index contributed by atoms with van der Waals surface area (Å²) in [6.07, 6.45) is 6.88. The van der Waals surface area contributed by atoms with Crippen LogP contribution in [0.15, 0.2) is 24.3 Å². The van der Waals surface area contributed by atoms with Crippen molar-refractivity contribution in [2.24, 2.45) is 0 Å². The Morgan fingerprint density at radius 2 is 1.21 bits per heavy atom. The van der Waals surface area contributed by atoms with Gasteiger partial charge in [-0.3, -0.25) is 9.59 Å². The van der Waals surface area contributed by atoms with Crippen LogP contribution in [0.5, 0.6) is 5.75 Å². The molecule has 1 aromatic rings. The van der Waals surface area contributed by atoms with Crippen molar-refractivity contribution in [3.63, 3.8) is 0 Å². The quantitative estimate of drug-likeness (QED) is 0.136. The van der Waals surface area contributed by atoms with Gasteiger partial charge in [0.25, 0.3) is 0 Å². The Morgan fingerprint density at radius 3 is 1.76 bits per heavy atom. The van der Waals surface area contributed by atoms with Crippen LogP contribution >= 0.6 is 0 Å².